The Labute approximate surface area is 99.6 Å². The van der Waals surface area contributed by atoms with Crippen molar-refractivity contribution >= 4 is 5.91 Å². The Hall–Kier alpha value is -0.570. The molecule has 1 N–H and O–H groups in total. The Morgan fingerprint density at radius 1 is 1.44 bits per heavy atom. The van der Waals surface area contributed by atoms with Crippen molar-refractivity contribution in [2.24, 2.45) is 5.41 Å². The van der Waals surface area contributed by atoms with E-state index in [4.69, 9.17) is 0 Å². The van der Waals surface area contributed by atoms with E-state index >= 15 is 0 Å². The smallest absolute Gasteiger partial charge is 0.243 e. The summed E-state index contributed by atoms with van der Waals surface area (Å²) in [5.41, 5.74) is -0.0670. The fraction of sp³-hybridized carbons (Fsp3) is 0.923. The summed E-state index contributed by atoms with van der Waals surface area (Å²) in [5.74, 6) is 0.256. The molecule has 3 heteroatoms. The normalized spacial score (nSPS) is 31.2. The lowest BCUT2D eigenvalue weighted by Crippen LogP contribution is -2.43. The molecule has 16 heavy (non-hydrogen) atoms. The summed E-state index contributed by atoms with van der Waals surface area (Å²) in [6.45, 7) is 13.6. The minimum atomic E-state index is -0.350. The molecule has 0 bridgehead atoms. The van der Waals surface area contributed by atoms with Gasteiger partial charge >= 0.3 is 0 Å². The van der Waals surface area contributed by atoms with Gasteiger partial charge in [0.1, 0.15) is 0 Å². The zero-order chi connectivity index (χ0) is 12.6. The van der Waals surface area contributed by atoms with Gasteiger partial charge in [0.25, 0.3) is 0 Å². The molecule has 2 unspecified atom stereocenters. The molecule has 0 aromatic heterocycles. The molecule has 3 nitrogen and oxygen atoms in total. The van der Waals surface area contributed by atoms with E-state index in [0.717, 1.165) is 19.4 Å². The van der Waals surface area contributed by atoms with E-state index < -0.39 is 0 Å². The van der Waals surface area contributed by atoms with Crippen LogP contribution in [0.5, 0.6) is 0 Å². The Morgan fingerprint density at radius 3 is 2.38 bits per heavy atom. The Bertz CT molecular complexity index is 270. The van der Waals surface area contributed by atoms with Gasteiger partial charge in [-0.2, -0.15) is 0 Å². The van der Waals surface area contributed by atoms with Crippen LogP contribution < -0.4 is 5.32 Å². The molecule has 0 aromatic carbocycles. The molecule has 0 aromatic rings. The number of carbonyl (C=O) groups is 1. The van der Waals surface area contributed by atoms with Crippen molar-refractivity contribution in [3.63, 3.8) is 0 Å². The molecule has 1 aliphatic rings. The third-order valence-corrected chi connectivity index (χ3v) is 3.54. The van der Waals surface area contributed by atoms with E-state index in [1.54, 1.807) is 0 Å². The van der Waals surface area contributed by atoms with Crippen molar-refractivity contribution in [1.82, 2.24) is 10.2 Å². The van der Waals surface area contributed by atoms with Gasteiger partial charge in [-0.3, -0.25) is 10.1 Å². The van der Waals surface area contributed by atoms with Crippen LogP contribution in [0.25, 0.3) is 0 Å². The van der Waals surface area contributed by atoms with E-state index in [1.807, 2.05) is 11.8 Å². The summed E-state index contributed by atoms with van der Waals surface area (Å²) in [5, 5.41) is 3.39. The molecule has 94 valence electrons. The molecule has 1 amide bonds. The van der Waals surface area contributed by atoms with Crippen LogP contribution in [0.2, 0.25) is 0 Å². The lowest BCUT2D eigenvalue weighted by Gasteiger charge is -2.26. The van der Waals surface area contributed by atoms with Gasteiger partial charge in [0.15, 0.2) is 0 Å². The zero-order valence-corrected chi connectivity index (χ0v) is 11.6. The highest BCUT2D eigenvalue weighted by atomic mass is 16.2. The van der Waals surface area contributed by atoms with Crippen LogP contribution in [-0.2, 0) is 4.79 Å². The van der Waals surface area contributed by atoms with E-state index in [0.29, 0.717) is 0 Å². The summed E-state index contributed by atoms with van der Waals surface area (Å²) in [4.78, 5) is 14.2. The summed E-state index contributed by atoms with van der Waals surface area (Å²) >= 11 is 0. The number of rotatable bonds is 3. The monoisotopic (exact) mass is 226 g/mol. The quantitative estimate of drug-likeness (QED) is 0.801. The SMILES string of the molecule is CCC1(C)NC(C)N(CCC(C)(C)C)C1=O. The van der Waals surface area contributed by atoms with Crippen molar-refractivity contribution in [2.45, 2.75) is 66.1 Å². The molecular weight excluding hydrogens is 200 g/mol. The van der Waals surface area contributed by atoms with Gasteiger partial charge in [-0.1, -0.05) is 27.7 Å². The van der Waals surface area contributed by atoms with Crippen molar-refractivity contribution in [3.05, 3.63) is 0 Å². The first-order chi connectivity index (χ1) is 7.19. The van der Waals surface area contributed by atoms with Gasteiger partial charge in [0.2, 0.25) is 5.91 Å². The van der Waals surface area contributed by atoms with E-state index in [9.17, 15) is 4.79 Å². The van der Waals surface area contributed by atoms with Crippen LogP contribution in [-0.4, -0.2) is 29.1 Å². The van der Waals surface area contributed by atoms with Crippen LogP contribution in [0.4, 0.5) is 0 Å². The molecule has 0 spiro atoms. The van der Waals surface area contributed by atoms with Crippen LogP contribution in [0.1, 0.15) is 54.4 Å². The van der Waals surface area contributed by atoms with E-state index in [-0.39, 0.29) is 23.0 Å². The minimum absolute atomic E-state index is 0.166. The van der Waals surface area contributed by atoms with Gasteiger partial charge in [0.05, 0.1) is 11.7 Å². The number of nitrogens with zero attached hydrogens (tertiary/aromatic N) is 1. The number of carbonyl (C=O) groups excluding carboxylic acids is 1. The highest BCUT2D eigenvalue weighted by molar-refractivity contribution is 5.88. The molecule has 0 radical (unpaired) electrons. The van der Waals surface area contributed by atoms with E-state index in [2.05, 4.69) is 39.9 Å². The third kappa shape index (κ3) is 2.76. The van der Waals surface area contributed by atoms with Crippen LogP contribution >= 0.6 is 0 Å². The summed E-state index contributed by atoms with van der Waals surface area (Å²) in [6, 6.07) is 0. The van der Waals surface area contributed by atoms with Gasteiger partial charge in [-0.25, -0.2) is 0 Å². The number of hydrogen-bond acceptors (Lipinski definition) is 2. The topological polar surface area (TPSA) is 32.3 Å². The Morgan fingerprint density at radius 2 is 2.00 bits per heavy atom. The molecule has 1 saturated heterocycles. The van der Waals surface area contributed by atoms with Crippen molar-refractivity contribution in [2.75, 3.05) is 6.54 Å². The van der Waals surface area contributed by atoms with Gasteiger partial charge in [0, 0.05) is 6.54 Å². The predicted octanol–water partition coefficient (Wildman–Crippen LogP) is 2.37. The van der Waals surface area contributed by atoms with Gasteiger partial charge < -0.3 is 4.90 Å². The Balaban J connectivity index is 2.65. The maximum atomic E-state index is 12.2. The van der Waals surface area contributed by atoms with Crippen LogP contribution in [0.15, 0.2) is 0 Å². The molecule has 1 rings (SSSR count). The predicted molar refractivity (Wildman–Crippen MR) is 67.1 cm³/mol. The summed E-state index contributed by atoms with van der Waals surface area (Å²) < 4.78 is 0. The second kappa shape index (κ2) is 4.36. The lowest BCUT2D eigenvalue weighted by atomic mass is 9.92. The van der Waals surface area contributed by atoms with Crippen molar-refractivity contribution in [1.29, 1.82) is 0 Å². The first-order valence-corrected chi connectivity index (χ1v) is 6.28. The van der Waals surface area contributed by atoms with Gasteiger partial charge in [-0.05, 0) is 32.1 Å². The average Bonchev–Trinajstić information content (AvgIpc) is 2.35. The standard InChI is InChI=1S/C13H26N2O/c1-7-13(6)11(16)15(10(2)14-13)9-8-12(3,4)5/h10,14H,7-9H2,1-6H3. The zero-order valence-electron chi connectivity index (χ0n) is 11.6. The van der Waals surface area contributed by atoms with Crippen LogP contribution in [0, 0.1) is 5.41 Å². The number of hydrogen-bond donors (Lipinski definition) is 1. The van der Waals surface area contributed by atoms with Crippen LogP contribution in [0.3, 0.4) is 0 Å². The average molecular weight is 226 g/mol. The molecule has 2 atom stereocenters. The summed E-state index contributed by atoms with van der Waals surface area (Å²) in [7, 11) is 0. The molecule has 1 aliphatic heterocycles. The van der Waals surface area contributed by atoms with E-state index in [1.165, 1.54) is 0 Å². The minimum Gasteiger partial charge on any atom is -0.326 e. The highest BCUT2D eigenvalue weighted by Crippen LogP contribution is 2.26. The molecule has 0 saturated carbocycles. The molecular formula is C13H26N2O. The van der Waals surface area contributed by atoms with Crippen molar-refractivity contribution < 1.29 is 4.79 Å². The summed E-state index contributed by atoms with van der Waals surface area (Å²) in [6.07, 6.45) is 2.06. The maximum absolute atomic E-state index is 12.2. The first kappa shape index (κ1) is 13.5. The maximum Gasteiger partial charge on any atom is 0.243 e. The fourth-order valence-electron chi connectivity index (χ4n) is 2.10. The Kier molecular flexibility index (Phi) is 3.68. The third-order valence-electron chi connectivity index (χ3n) is 3.54. The molecule has 1 fully saturated rings. The largest absolute Gasteiger partial charge is 0.326 e. The lowest BCUT2D eigenvalue weighted by molar-refractivity contribution is -0.133. The first-order valence-electron chi connectivity index (χ1n) is 6.28. The van der Waals surface area contributed by atoms with Crippen molar-refractivity contribution in [3.8, 4) is 0 Å². The number of nitrogens with one attached hydrogen (secondary N) is 1. The number of amides is 1. The van der Waals surface area contributed by atoms with Gasteiger partial charge in [-0.15, -0.1) is 0 Å². The molecule has 0 aliphatic carbocycles. The second-order valence-corrected chi connectivity index (χ2v) is 6.32. The molecule has 1 heterocycles. The second-order valence-electron chi connectivity index (χ2n) is 6.32. The fourth-order valence-corrected chi connectivity index (χ4v) is 2.10. The highest BCUT2D eigenvalue weighted by Gasteiger charge is 2.44.